The molecule has 0 fully saturated rings. The van der Waals surface area contributed by atoms with E-state index in [-0.39, 0.29) is 17.6 Å². The van der Waals surface area contributed by atoms with Crippen LogP contribution < -0.4 is 19.5 Å². The standard InChI is InChI=1S/C25H31NO4/c1-16(29-22-11-7-9-17-8-5-6-10-19(17)22)24(27)26-21-15-25(2,3)30-23-14-18(28-4)12-13-20(21)23/h7,9,11-14,16,21H,5-6,8,10,15H2,1-4H3,(H,26,27)/t16-,21-/m1/s1. The number of amides is 1. The Morgan fingerprint density at radius 3 is 2.80 bits per heavy atom. The van der Waals surface area contributed by atoms with Gasteiger partial charge >= 0.3 is 0 Å². The number of aryl methyl sites for hydroxylation is 1. The van der Waals surface area contributed by atoms with Gasteiger partial charge in [-0.15, -0.1) is 0 Å². The average Bonchev–Trinajstić information content (AvgIpc) is 2.72. The Bertz CT molecular complexity index is 937. The number of carbonyl (C=O) groups is 1. The first-order chi connectivity index (χ1) is 14.4. The van der Waals surface area contributed by atoms with Crippen molar-refractivity contribution in [3.8, 4) is 17.2 Å². The van der Waals surface area contributed by atoms with Crippen LogP contribution in [-0.2, 0) is 17.6 Å². The molecule has 2 aromatic rings. The summed E-state index contributed by atoms with van der Waals surface area (Å²) in [5, 5.41) is 3.18. The van der Waals surface area contributed by atoms with Gasteiger partial charge in [0.1, 0.15) is 22.8 Å². The van der Waals surface area contributed by atoms with E-state index in [1.165, 1.54) is 24.0 Å². The van der Waals surface area contributed by atoms with Crippen molar-refractivity contribution in [3.63, 3.8) is 0 Å². The van der Waals surface area contributed by atoms with E-state index in [2.05, 4.69) is 11.4 Å². The summed E-state index contributed by atoms with van der Waals surface area (Å²) in [7, 11) is 1.64. The Hall–Kier alpha value is -2.69. The topological polar surface area (TPSA) is 56.8 Å². The van der Waals surface area contributed by atoms with Crippen LogP contribution in [0.1, 0.15) is 62.8 Å². The third kappa shape index (κ3) is 4.25. The molecule has 0 bridgehead atoms. The molecule has 30 heavy (non-hydrogen) atoms. The minimum Gasteiger partial charge on any atom is -0.497 e. The quantitative estimate of drug-likeness (QED) is 0.774. The molecule has 1 heterocycles. The highest BCUT2D eigenvalue weighted by Crippen LogP contribution is 2.41. The van der Waals surface area contributed by atoms with Gasteiger partial charge in [0.25, 0.3) is 5.91 Å². The van der Waals surface area contributed by atoms with Crippen molar-refractivity contribution in [1.29, 1.82) is 0 Å². The van der Waals surface area contributed by atoms with Gasteiger partial charge in [0, 0.05) is 18.1 Å². The number of nitrogens with one attached hydrogen (secondary N) is 1. The van der Waals surface area contributed by atoms with E-state index >= 15 is 0 Å². The molecule has 1 aliphatic carbocycles. The zero-order chi connectivity index (χ0) is 21.3. The summed E-state index contributed by atoms with van der Waals surface area (Å²) in [6.07, 6.45) is 4.60. The maximum absolute atomic E-state index is 13.0. The third-order valence-electron chi connectivity index (χ3n) is 6.02. The molecule has 0 radical (unpaired) electrons. The molecule has 1 aliphatic heterocycles. The molecule has 0 spiro atoms. The van der Waals surface area contributed by atoms with E-state index in [9.17, 15) is 4.79 Å². The zero-order valence-corrected chi connectivity index (χ0v) is 18.3. The van der Waals surface area contributed by atoms with E-state index in [0.717, 1.165) is 35.7 Å². The minimum absolute atomic E-state index is 0.118. The summed E-state index contributed by atoms with van der Waals surface area (Å²) >= 11 is 0. The normalized spacial score (nSPS) is 20.2. The Labute approximate surface area is 178 Å². The predicted octanol–water partition coefficient (Wildman–Crippen LogP) is 4.76. The summed E-state index contributed by atoms with van der Waals surface area (Å²) in [6.45, 7) is 5.88. The third-order valence-corrected chi connectivity index (χ3v) is 6.02. The lowest BCUT2D eigenvalue weighted by Gasteiger charge is -2.38. The second-order valence-corrected chi connectivity index (χ2v) is 8.89. The van der Waals surface area contributed by atoms with Crippen molar-refractivity contribution < 1.29 is 19.0 Å². The van der Waals surface area contributed by atoms with Crippen LogP contribution in [0, 0.1) is 0 Å². The molecular weight excluding hydrogens is 378 g/mol. The maximum atomic E-state index is 13.0. The molecule has 5 heteroatoms. The van der Waals surface area contributed by atoms with Gasteiger partial charge in [0.2, 0.25) is 0 Å². The van der Waals surface area contributed by atoms with Crippen LogP contribution in [0.5, 0.6) is 17.2 Å². The van der Waals surface area contributed by atoms with Crippen molar-refractivity contribution in [3.05, 3.63) is 53.1 Å². The molecule has 160 valence electrons. The molecular formula is C25H31NO4. The number of benzene rings is 2. The molecule has 0 saturated heterocycles. The minimum atomic E-state index is -0.578. The monoisotopic (exact) mass is 409 g/mol. The Morgan fingerprint density at radius 2 is 2.00 bits per heavy atom. The largest absolute Gasteiger partial charge is 0.497 e. The predicted molar refractivity (Wildman–Crippen MR) is 116 cm³/mol. The van der Waals surface area contributed by atoms with Crippen LogP contribution in [0.3, 0.4) is 0 Å². The van der Waals surface area contributed by atoms with Crippen molar-refractivity contribution in [2.24, 2.45) is 0 Å². The van der Waals surface area contributed by atoms with Crippen LogP contribution in [0.25, 0.3) is 0 Å². The van der Waals surface area contributed by atoms with Gasteiger partial charge in [-0.3, -0.25) is 4.79 Å². The molecule has 1 N–H and O–H groups in total. The molecule has 2 aromatic carbocycles. The van der Waals surface area contributed by atoms with Gasteiger partial charge in [-0.25, -0.2) is 0 Å². The number of rotatable bonds is 5. The Kier molecular flexibility index (Phi) is 5.63. The van der Waals surface area contributed by atoms with Crippen molar-refractivity contribution >= 4 is 5.91 Å². The number of hydrogen-bond donors (Lipinski definition) is 1. The van der Waals surface area contributed by atoms with Crippen LogP contribution >= 0.6 is 0 Å². The lowest BCUT2D eigenvalue weighted by Crippen LogP contribution is -2.44. The fraction of sp³-hybridized carbons (Fsp3) is 0.480. The molecule has 1 amide bonds. The maximum Gasteiger partial charge on any atom is 0.261 e. The van der Waals surface area contributed by atoms with Crippen LogP contribution in [0.2, 0.25) is 0 Å². The highest BCUT2D eigenvalue weighted by atomic mass is 16.5. The smallest absolute Gasteiger partial charge is 0.261 e. The van der Waals surface area contributed by atoms with Gasteiger partial charge < -0.3 is 19.5 Å². The summed E-state index contributed by atoms with van der Waals surface area (Å²) in [4.78, 5) is 13.0. The van der Waals surface area contributed by atoms with Gasteiger partial charge in [0.05, 0.1) is 13.2 Å². The summed E-state index contributed by atoms with van der Waals surface area (Å²) in [6, 6.07) is 11.8. The zero-order valence-electron chi connectivity index (χ0n) is 18.3. The van der Waals surface area contributed by atoms with Gasteiger partial charge in [-0.05, 0) is 75.8 Å². The summed E-state index contributed by atoms with van der Waals surface area (Å²) in [5.74, 6) is 2.21. The number of methoxy groups -OCH3 is 1. The molecule has 2 atom stereocenters. The van der Waals surface area contributed by atoms with Gasteiger partial charge in [-0.2, -0.15) is 0 Å². The average molecular weight is 410 g/mol. The first-order valence-electron chi connectivity index (χ1n) is 10.8. The summed E-state index contributed by atoms with van der Waals surface area (Å²) < 4.78 is 17.6. The first kappa shape index (κ1) is 20.6. The van der Waals surface area contributed by atoms with E-state index in [4.69, 9.17) is 14.2 Å². The fourth-order valence-electron chi connectivity index (χ4n) is 4.48. The van der Waals surface area contributed by atoms with Crippen molar-refractivity contribution in [2.75, 3.05) is 7.11 Å². The van der Waals surface area contributed by atoms with Crippen molar-refractivity contribution in [2.45, 2.75) is 70.6 Å². The van der Waals surface area contributed by atoms with E-state index < -0.39 is 6.10 Å². The Morgan fingerprint density at radius 1 is 1.20 bits per heavy atom. The first-order valence-corrected chi connectivity index (χ1v) is 10.8. The lowest BCUT2D eigenvalue weighted by atomic mass is 9.89. The lowest BCUT2D eigenvalue weighted by molar-refractivity contribution is -0.128. The van der Waals surface area contributed by atoms with Gasteiger partial charge in [0.15, 0.2) is 6.10 Å². The second kappa shape index (κ2) is 8.21. The number of ether oxygens (including phenoxy) is 3. The van der Waals surface area contributed by atoms with Crippen LogP contribution in [-0.4, -0.2) is 24.7 Å². The SMILES string of the molecule is COc1ccc2c(c1)OC(C)(C)C[C@H]2NC(=O)[C@@H](C)Oc1cccc2c1CCCC2. The molecule has 4 rings (SSSR count). The molecule has 0 unspecified atom stereocenters. The van der Waals surface area contributed by atoms with E-state index in [1.54, 1.807) is 7.11 Å². The second-order valence-electron chi connectivity index (χ2n) is 8.89. The van der Waals surface area contributed by atoms with Crippen LogP contribution in [0.15, 0.2) is 36.4 Å². The number of carbonyl (C=O) groups excluding carboxylic acids is 1. The van der Waals surface area contributed by atoms with Crippen molar-refractivity contribution in [1.82, 2.24) is 5.32 Å². The fourth-order valence-corrected chi connectivity index (χ4v) is 4.48. The summed E-state index contributed by atoms with van der Waals surface area (Å²) in [5.41, 5.74) is 3.18. The molecule has 2 aliphatic rings. The van der Waals surface area contributed by atoms with E-state index in [1.807, 2.05) is 51.1 Å². The number of hydrogen-bond acceptors (Lipinski definition) is 4. The molecule has 5 nitrogen and oxygen atoms in total. The highest BCUT2D eigenvalue weighted by Gasteiger charge is 2.35. The molecule has 0 aromatic heterocycles. The van der Waals surface area contributed by atoms with Crippen LogP contribution in [0.4, 0.5) is 0 Å². The van der Waals surface area contributed by atoms with E-state index in [0.29, 0.717) is 6.42 Å². The highest BCUT2D eigenvalue weighted by molar-refractivity contribution is 5.81. The Balaban J connectivity index is 1.50. The number of fused-ring (bicyclic) bond motifs is 2. The van der Waals surface area contributed by atoms with Gasteiger partial charge in [-0.1, -0.05) is 12.1 Å². The molecule has 0 saturated carbocycles.